The molecule has 4 saturated heterocycles. The highest BCUT2D eigenvalue weighted by Crippen LogP contribution is 2.59. The van der Waals surface area contributed by atoms with Gasteiger partial charge in [-0.2, -0.15) is 4.98 Å². The first kappa shape index (κ1) is 17.2. The number of carbonyl (C=O) groups is 1. The molecule has 4 aliphatic heterocycles. The maximum absolute atomic E-state index is 13.0. The minimum absolute atomic E-state index is 0.0538. The van der Waals surface area contributed by atoms with Gasteiger partial charge in [-0.25, -0.2) is 9.97 Å². The zero-order valence-electron chi connectivity index (χ0n) is 17.5. The van der Waals surface area contributed by atoms with Crippen LogP contribution >= 0.6 is 0 Å². The van der Waals surface area contributed by atoms with Crippen molar-refractivity contribution in [1.82, 2.24) is 33.9 Å². The number of methoxy groups -OCH3 is 1. The summed E-state index contributed by atoms with van der Waals surface area (Å²) in [6, 6.07) is 9.07. The smallest absolute Gasteiger partial charge is 0.256 e. The first-order valence-corrected chi connectivity index (χ1v) is 10.6. The molecule has 4 aromatic heterocycles. The lowest BCUT2D eigenvalue weighted by Crippen LogP contribution is -2.30. The molecule has 8 heterocycles. The summed E-state index contributed by atoms with van der Waals surface area (Å²) in [5.41, 5.74) is 3.90. The number of ether oxygens (including phenoxy) is 1. The molecule has 2 bridgehead atoms. The molecule has 0 N–H and O–H groups in total. The van der Waals surface area contributed by atoms with Gasteiger partial charge in [-0.15, -0.1) is 0 Å². The molecule has 9 nitrogen and oxygen atoms in total. The summed E-state index contributed by atoms with van der Waals surface area (Å²) in [5.74, 6) is 1.43. The van der Waals surface area contributed by atoms with Gasteiger partial charge in [-0.3, -0.25) is 9.69 Å². The lowest BCUT2D eigenvalue weighted by molar-refractivity contribution is 0.0776. The SMILES string of the molecule is CCn1c(-c2nc3cc(C(=O)N4C[C@H]5[C@H]6[C@@H]4N65)cnc3n2C)cc2ccc(OC)nc21. The second kappa shape index (κ2) is 5.61. The molecule has 9 heteroatoms. The first-order chi connectivity index (χ1) is 15.1. The van der Waals surface area contributed by atoms with E-state index in [1.807, 2.05) is 34.7 Å². The van der Waals surface area contributed by atoms with E-state index < -0.39 is 0 Å². The van der Waals surface area contributed by atoms with Gasteiger partial charge in [0.15, 0.2) is 11.5 Å². The van der Waals surface area contributed by atoms with E-state index in [4.69, 9.17) is 9.72 Å². The molecule has 1 amide bonds. The van der Waals surface area contributed by atoms with Crippen molar-refractivity contribution >= 4 is 28.1 Å². The fourth-order valence-corrected chi connectivity index (χ4v) is 5.24. The topological polar surface area (TPSA) is 81.1 Å². The minimum Gasteiger partial charge on any atom is -0.481 e. The molecule has 0 radical (unpaired) electrons. The van der Waals surface area contributed by atoms with Crippen LogP contribution in [0.5, 0.6) is 5.88 Å². The molecule has 4 fully saturated rings. The van der Waals surface area contributed by atoms with E-state index in [0.29, 0.717) is 29.7 Å². The van der Waals surface area contributed by atoms with Crippen molar-refractivity contribution in [3.63, 3.8) is 0 Å². The molecule has 4 aromatic rings. The van der Waals surface area contributed by atoms with Gasteiger partial charge >= 0.3 is 0 Å². The van der Waals surface area contributed by atoms with Crippen molar-refractivity contribution in [2.45, 2.75) is 31.7 Å². The number of hydrogen-bond donors (Lipinski definition) is 0. The lowest BCUT2D eigenvalue weighted by atomic mass is 10.2. The summed E-state index contributed by atoms with van der Waals surface area (Å²) in [6.45, 7) is 3.67. The van der Waals surface area contributed by atoms with Crippen LogP contribution in [0.1, 0.15) is 17.3 Å². The average Bonchev–Trinajstić information content (AvgIpc) is 3.41. The van der Waals surface area contributed by atoms with Gasteiger partial charge in [-0.05, 0) is 25.1 Å². The average molecular weight is 415 g/mol. The van der Waals surface area contributed by atoms with Crippen molar-refractivity contribution in [1.29, 1.82) is 0 Å². The van der Waals surface area contributed by atoms with Gasteiger partial charge in [0.05, 0.1) is 24.4 Å². The molecule has 0 saturated carbocycles. The van der Waals surface area contributed by atoms with Gasteiger partial charge < -0.3 is 18.8 Å². The van der Waals surface area contributed by atoms with Crippen LogP contribution < -0.4 is 4.74 Å². The Bertz CT molecular complexity index is 1400. The number of hydrogen-bond acceptors (Lipinski definition) is 6. The van der Waals surface area contributed by atoms with Crippen LogP contribution in [0.3, 0.4) is 0 Å². The maximum atomic E-state index is 13.0. The number of imidazole rings is 1. The molecule has 0 aromatic carbocycles. The van der Waals surface area contributed by atoms with E-state index in [0.717, 1.165) is 46.8 Å². The van der Waals surface area contributed by atoms with Crippen LogP contribution in [0.2, 0.25) is 0 Å². The number of fused-ring (bicyclic) bond motifs is 3. The molecule has 8 rings (SSSR count). The Hall–Kier alpha value is -3.46. The van der Waals surface area contributed by atoms with Crippen molar-refractivity contribution in [2.75, 3.05) is 13.7 Å². The quantitative estimate of drug-likeness (QED) is 0.474. The normalized spacial score (nSPS) is 25.3. The fourth-order valence-electron chi connectivity index (χ4n) is 5.24. The first-order valence-electron chi connectivity index (χ1n) is 10.6. The van der Waals surface area contributed by atoms with Gasteiger partial charge in [0, 0.05) is 43.8 Å². The number of aryl methyl sites for hydroxylation is 2. The van der Waals surface area contributed by atoms with E-state index in [-0.39, 0.29) is 5.91 Å². The highest BCUT2D eigenvalue weighted by Gasteiger charge is 2.80. The Balaban J connectivity index is 1.32. The van der Waals surface area contributed by atoms with Crippen LogP contribution in [0.15, 0.2) is 30.5 Å². The molecule has 1 unspecified atom stereocenters. The second-order valence-corrected chi connectivity index (χ2v) is 8.48. The van der Waals surface area contributed by atoms with Crippen LogP contribution in [-0.4, -0.2) is 71.7 Å². The molecular formula is C22H21N7O2. The van der Waals surface area contributed by atoms with Gasteiger partial charge in [0.2, 0.25) is 5.88 Å². The Morgan fingerprint density at radius 3 is 2.77 bits per heavy atom. The minimum atomic E-state index is 0.0538. The van der Waals surface area contributed by atoms with Gasteiger partial charge in [0.1, 0.15) is 17.3 Å². The highest BCUT2D eigenvalue weighted by molar-refractivity contribution is 5.98. The van der Waals surface area contributed by atoms with E-state index in [9.17, 15) is 4.79 Å². The number of nitrogens with zero attached hydrogens (tertiary/aromatic N) is 7. The maximum Gasteiger partial charge on any atom is 0.256 e. The summed E-state index contributed by atoms with van der Waals surface area (Å²) in [5, 5.41) is 1.03. The summed E-state index contributed by atoms with van der Waals surface area (Å²) < 4.78 is 9.40. The lowest BCUT2D eigenvalue weighted by Gasteiger charge is -2.14. The number of carbonyl (C=O) groups excluding carboxylic acids is 1. The summed E-state index contributed by atoms with van der Waals surface area (Å²) in [6.07, 6.45) is 2.01. The highest BCUT2D eigenvalue weighted by atomic mass is 16.5. The van der Waals surface area contributed by atoms with Crippen LogP contribution in [0.4, 0.5) is 0 Å². The van der Waals surface area contributed by atoms with Crippen LogP contribution in [0.25, 0.3) is 33.7 Å². The van der Waals surface area contributed by atoms with Crippen molar-refractivity contribution < 1.29 is 9.53 Å². The predicted molar refractivity (Wildman–Crippen MR) is 114 cm³/mol. The monoisotopic (exact) mass is 415 g/mol. The molecule has 4 atom stereocenters. The zero-order valence-corrected chi connectivity index (χ0v) is 17.5. The van der Waals surface area contributed by atoms with Crippen molar-refractivity contribution in [3.05, 3.63) is 36.0 Å². The summed E-state index contributed by atoms with van der Waals surface area (Å²) in [4.78, 5) is 31.4. The molecule has 0 aliphatic carbocycles. The Kier molecular flexibility index (Phi) is 3.12. The standard InChI is InChI=1S/C22H21N7O2/c1-4-27-14(8-11-5-6-16(31-3)25-18(11)27)20-24-13-7-12(9-23-19(13)26(20)2)22(30)28-10-15-17-21(28)29(15)17/h5-9,15,17,21H,4,10H2,1-3H3/t15-,17-,21-,29?/m0/s1. The Morgan fingerprint density at radius 1 is 1.23 bits per heavy atom. The molecule has 156 valence electrons. The number of aromatic nitrogens is 5. The third kappa shape index (κ3) is 2.13. The zero-order chi connectivity index (χ0) is 21.0. The predicted octanol–water partition coefficient (Wildman–Crippen LogP) is 1.86. The Labute approximate surface area is 177 Å². The van der Waals surface area contributed by atoms with E-state index in [1.54, 1.807) is 13.3 Å². The number of piperazine rings is 1. The molecule has 0 spiro atoms. The summed E-state index contributed by atoms with van der Waals surface area (Å²) in [7, 11) is 3.57. The van der Waals surface area contributed by atoms with Crippen LogP contribution in [0, 0.1) is 0 Å². The number of pyridine rings is 2. The fraction of sp³-hybridized carbons (Fsp3) is 0.364. The van der Waals surface area contributed by atoms with E-state index in [2.05, 4.69) is 32.4 Å². The van der Waals surface area contributed by atoms with Crippen molar-refractivity contribution in [2.24, 2.45) is 7.05 Å². The second-order valence-electron chi connectivity index (χ2n) is 8.48. The van der Waals surface area contributed by atoms with Gasteiger partial charge in [-0.1, -0.05) is 0 Å². The molecular weight excluding hydrogens is 394 g/mol. The summed E-state index contributed by atoms with van der Waals surface area (Å²) >= 11 is 0. The van der Waals surface area contributed by atoms with Crippen molar-refractivity contribution in [3.8, 4) is 17.4 Å². The third-order valence-electron chi connectivity index (χ3n) is 6.95. The number of amides is 1. The number of rotatable bonds is 4. The van der Waals surface area contributed by atoms with Gasteiger partial charge in [0.25, 0.3) is 5.91 Å². The van der Waals surface area contributed by atoms with E-state index >= 15 is 0 Å². The molecule has 31 heavy (non-hydrogen) atoms. The largest absolute Gasteiger partial charge is 0.481 e. The van der Waals surface area contributed by atoms with Crippen LogP contribution in [-0.2, 0) is 13.6 Å². The Morgan fingerprint density at radius 2 is 2.06 bits per heavy atom. The molecule has 4 aliphatic rings. The third-order valence-corrected chi connectivity index (χ3v) is 6.95. The van der Waals surface area contributed by atoms with E-state index in [1.165, 1.54) is 0 Å².